The Morgan fingerprint density at radius 3 is 2.19 bits per heavy atom. The molecule has 0 saturated heterocycles. The molecule has 1 N–H and O–H groups in total. The van der Waals surface area contributed by atoms with E-state index in [1.54, 1.807) is 0 Å². The molecule has 0 aliphatic heterocycles. The van der Waals surface area contributed by atoms with Crippen LogP contribution >= 0.6 is 0 Å². The lowest BCUT2D eigenvalue weighted by atomic mass is 10.0. The Morgan fingerprint density at radius 2 is 1.81 bits per heavy atom. The maximum absolute atomic E-state index is 11.3. The Bertz CT molecular complexity index is 341. The number of hydrogen-bond acceptors (Lipinski definition) is 5. The van der Waals surface area contributed by atoms with Crippen LogP contribution in [0, 0.1) is 5.92 Å². The fourth-order valence-electron chi connectivity index (χ4n) is 0.901. The first-order valence-corrected chi connectivity index (χ1v) is 4.20. The van der Waals surface area contributed by atoms with Crippen LogP contribution in [0.3, 0.4) is 0 Å². The van der Waals surface area contributed by atoms with Crippen LogP contribution in [0.2, 0.25) is 0 Å². The first-order valence-electron chi connectivity index (χ1n) is 4.20. The van der Waals surface area contributed by atoms with Crippen LogP contribution in [0.15, 0.2) is 24.3 Å². The topological polar surface area (TPSA) is 89.9 Å². The third kappa shape index (κ3) is 3.95. The monoisotopic (exact) mass is 228 g/mol. The lowest BCUT2D eigenvalue weighted by molar-refractivity contribution is -0.145. The van der Waals surface area contributed by atoms with Crippen LogP contribution in [0.5, 0.6) is 0 Å². The van der Waals surface area contributed by atoms with Gasteiger partial charge in [0.1, 0.15) is 5.92 Å². The number of methoxy groups -OCH3 is 2. The molecular weight excluding hydrogens is 216 g/mol. The van der Waals surface area contributed by atoms with E-state index in [0.29, 0.717) is 0 Å². The highest BCUT2D eigenvalue weighted by molar-refractivity contribution is 5.96. The molecule has 0 saturated carbocycles. The summed E-state index contributed by atoms with van der Waals surface area (Å²) in [4.78, 5) is 32.7. The van der Waals surface area contributed by atoms with Crippen molar-refractivity contribution < 1.29 is 29.0 Å². The second kappa shape index (κ2) is 6.39. The summed E-state index contributed by atoms with van der Waals surface area (Å²) in [6.45, 7) is 3.35. The number of esters is 2. The average Bonchev–Trinajstić information content (AvgIpc) is 2.26. The van der Waals surface area contributed by atoms with Crippen molar-refractivity contribution in [3.05, 3.63) is 24.3 Å². The zero-order chi connectivity index (χ0) is 12.7. The Balaban J connectivity index is 4.95. The second-order valence-electron chi connectivity index (χ2n) is 2.72. The van der Waals surface area contributed by atoms with E-state index in [1.165, 1.54) is 0 Å². The predicted octanol–water partition coefficient (Wildman–Crippen LogP) is 0.146. The second-order valence-corrected chi connectivity index (χ2v) is 2.72. The summed E-state index contributed by atoms with van der Waals surface area (Å²) in [6, 6.07) is 0. The van der Waals surface area contributed by atoms with Gasteiger partial charge in [-0.25, -0.2) is 9.59 Å². The van der Waals surface area contributed by atoms with Gasteiger partial charge in [0, 0.05) is 11.6 Å². The van der Waals surface area contributed by atoms with Crippen molar-refractivity contribution >= 4 is 17.9 Å². The quantitative estimate of drug-likeness (QED) is 0.532. The van der Waals surface area contributed by atoms with Crippen molar-refractivity contribution in [2.45, 2.75) is 0 Å². The molecule has 0 spiro atoms. The number of ether oxygens (including phenoxy) is 2. The first-order chi connectivity index (χ1) is 7.43. The zero-order valence-electron chi connectivity index (χ0n) is 8.93. The number of carbonyl (C=O) groups excluding carboxylic acids is 2. The summed E-state index contributed by atoms with van der Waals surface area (Å²) in [6.07, 6.45) is 1.74. The molecule has 0 aromatic heterocycles. The van der Waals surface area contributed by atoms with Gasteiger partial charge in [0.05, 0.1) is 14.2 Å². The summed E-state index contributed by atoms with van der Waals surface area (Å²) < 4.78 is 8.78. The maximum Gasteiger partial charge on any atom is 0.334 e. The minimum atomic E-state index is -1.24. The Hall–Kier alpha value is -2.11. The molecule has 0 aliphatic rings. The van der Waals surface area contributed by atoms with Crippen LogP contribution in [0.25, 0.3) is 0 Å². The lowest BCUT2D eigenvalue weighted by Gasteiger charge is -2.11. The first kappa shape index (κ1) is 13.9. The van der Waals surface area contributed by atoms with E-state index in [2.05, 4.69) is 16.1 Å². The van der Waals surface area contributed by atoms with Gasteiger partial charge in [0.25, 0.3) is 0 Å². The van der Waals surface area contributed by atoms with Gasteiger partial charge < -0.3 is 14.6 Å². The number of rotatable bonds is 5. The van der Waals surface area contributed by atoms with Gasteiger partial charge in [-0.3, -0.25) is 4.79 Å². The number of carboxylic acids is 1. The van der Waals surface area contributed by atoms with Crippen molar-refractivity contribution in [2.75, 3.05) is 14.2 Å². The van der Waals surface area contributed by atoms with E-state index in [0.717, 1.165) is 26.4 Å². The molecule has 88 valence electrons. The fourth-order valence-corrected chi connectivity index (χ4v) is 0.901. The molecule has 0 fully saturated rings. The van der Waals surface area contributed by atoms with Crippen LogP contribution in [0.1, 0.15) is 0 Å². The van der Waals surface area contributed by atoms with E-state index >= 15 is 0 Å². The average molecular weight is 228 g/mol. The Morgan fingerprint density at radius 1 is 1.25 bits per heavy atom. The van der Waals surface area contributed by atoms with Gasteiger partial charge in [-0.15, -0.1) is 0 Å². The Kier molecular flexibility index (Phi) is 5.55. The van der Waals surface area contributed by atoms with Gasteiger partial charge >= 0.3 is 17.9 Å². The Labute approximate surface area is 92.2 Å². The van der Waals surface area contributed by atoms with E-state index < -0.39 is 23.8 Å². The normalized spacial score (nSPS) is 11.9. The summed E-state index contributed by atoms with van der Waals surface area (Å²) in [7, 11) is 2.25. The van der Waals surface area contributed by atoms with E-state index in [1.807, 2.05) is 0 Å². The minimum absolute atomic E-state index is 0.188. The van der Waals surface area contributed by atoms with Crippen molar-refractivity contribution in [2.24, 2.45) is 5.92 Å². The van der Waals surface area contributed by atoms with E-state index in [9.17, 15) is 14.4 Å². The SMILES string of the molecule is C=C(C(=O)OC)C(C=CC(=O)O)C(=O)OC. The van der Waals surface area contributed by atoms with Gasteiger partial charge in [-0.05, 0) is 0 Å². The third-order valence-electron chi connectivity index (χ3n) is 1.71. The maximum atomic E-state index is 11.3. The van der Waals surface area contributed by atoms with Crippen LogP contribution in [-0.4, -0.2) is 37.2 Å². The molecule has 0 rings (SSSR count). The predicted molar refractivity (Wildman–Crippen MR) is 53.4 cm³/mol. The molecule has 0 heterocycles. The van der Waals surface area contributed by atoms with Crippen LogP contribution < -0.4 is 0 Å². The number of aliphatic carboxylic acids is 1. The molecule has 16 heavy (non-hydrogen) atoms. The molecule has 1 unspecified atom stereocenters. The molecule has 1 atom stereocenters. The van der Waals surface area contributed by atoms with Crippen molar-refractivity contribution in [3.8, 4) is 0 Å². The molecule has 0 bridgehead atoms. The molecule has 6 heteroatoms. The standard InChI is InChI=1S/C10H12O6/c1-6(9(13)15-2)7(10(14)16-3)4-5-8(11)12/h4-5,7H,1H2,2-3H3,(H,11,12). The highest BCUT2D eigenvalue weighted by atomic mass is 16.5. The summed E-state index contributed by atoms with van der Waals surface area (Å²) in [5.41, 5.74) is -0.188. The van der Waals surface area contributed by atoms with Gasteiger partial charge in [0.15, 0.2) is 0 Å². The smallest absolute Gasteiger partial charge is 0.334 e. The van der Waals surface area contributed by atoms with Crippen LogP contribution in [-0.2, 0) is 23.9 Å². The highest BCUT2D eigenvalue weighted by Gasteiger charge is 2.25. The van der Waals surface area contributed by atoms with E-state index in [-0.39, 0.29) is 5.57 Å². The molecule has 6 nitrogen and oxygen atoms in total. The van der Waals surface area contributed by atoms with Gasteiger partial charge in [-0.2, -0.15) is 0 Å². The highest BCUT2D eigenvalue weighted by Crippen LogP contribution is 2.14. The largest absolute Gasteiger partial charge is 0.478 e. The van der Waals surface area contributed by atoms with Crippen molar-refractivity contribution in [1.29, 1.82) is 0 Å². The fraction of sp³-hybridized carbons (Fsp3) is 0.300. The number of carbonyl (C=O) groups is 3. The van der Waals surface area contributed by atoms with E-state index in [4.69, 9.17) is 5.11 Å². The molecule has 0 radical (unpaired) electrons. The van der Waals surface area contributed by atoms with Gasteiger partial charge in [0.2, 0.25) is 0 Å². The lowest BCUT2D eigenvalue weighted by Crippen LogP contribution is -2.21. The molecular formula is C10H12O6. The summed E-state index contributed by atoms with van der Waals surface area (Å²) >= 11 is 0. The third-order valence-corrected chi connectivity index (χ3v) is 1.71. The number of hydrogen-bond donors (Lipinski definition) is 1. The molecule has 0 amide bonds. The molecule has 0 aromatic carbocycles. The van der Waals surface area contributed by atoms with Crippen molar-refractivity contribution in [3.63, 3.8) is 0 Å². The van der Waals surface area contributed by atoms with Crippen molar-refractivity contribution in [1.82, 2.24) is 0 Å². The molecule has 0 aliphatic carbocycles. The van der Waals surface area contributed by atoms with Gasteiger partial charge in [-0.1, -0.05) is 12.7 Å². The minimum Gasteiger partial charge on any atom is -0.478 e. The van der Waals surface area contributed by atoms with Crippen LogP contribution in [0.4, 0.5) is 0 Å². The summed E-state index contributed by atoms with van der Waals surface area (Å²) in [5.74, 6) is -3.99. The molecule has 0 aromatic rings. The summed E-state index contributed by atoms with van der Waals surface area (Å²) in [5, 5.41) is 8.41. The number of carboxylic acid groups (broad SMARTS) is 1. The zero-order valence-corrected chi connectivity index (χ0v) is 8.93.